The predicted molar refractivity (Wildman–Crippen MR) is 79.6 cm³/mol. The number of thioether (sulfide) groups is 1. The van der Waals surface area contributed by atoms with Crippen LogP contribution in [0, 0.1) is 11.8 Å². The van der Waals surface area contributed by atoms with E-state index in [4.69, 9.17) is 5.73 Å². The molecular weight excluding hydrogens is 240 g/mol. The lowest BCUT2D eigenvalue weighted by atomic mass is 10.1. The van der Waals surface area contributed by atoms with Crippen LogP contribution in [0.2, 0.25) is 0 Å². The maximum Gasteiger partial charge on any atom is 0.0555 e. The van der Waals surface area contributed by atoms with Crippen molar-refractivity contribution in [3.05, 3.63) is 35.4 Å². The highest BCUT2D eigenvalue weighted by Gasteiger charge is 2.19. The Morgan fingerprint density at radius 1 is 1.39 bits per heavy atom. The molecule has 2 N–H and O–H groups in total. The van der Waals surface area contributed by atoms with Crippen LogP contribution in [0.5, 0.6) is 0 Å². The summed E-state index contributed by atoms with van der Waals surface area (Å²) in [5.74, 6) is 8.50. The minimum atomic E-state index is 0.420. The third-order valence-electron chi connectivity index (χ3n) is 3.25. The molecule has 3 heteroatoms. The summed E-state index contributed by atoms with van der Waals surface area (Å²) < 4.78 is 0. The van der Waals surface area contributed by atoms with Crippen LogP contribution in [0.15, 0.2) is 24.3 Å². The van der Waals surface area contributed by atoms with E-state index < -0.39 is 0 Å². The van der Waals surface area contributed by atoms with Crippen LogP contribution in [-0.2, 0) is 6.54 Å². The number of rotatable bonds is 3. The summed E-state index contributed by atoms with van der Waals surface area (Å²) in [4.78, 5) is 2.46. The third-order valence-corrected chi connectivity index (χ3v) is 4.39. The molecule has 1 heterocycles. The average molecular weight is 260 g/mol. The fourth-order valence-corrected chi connectivity index (χ4v) is 3.43. The number of benzene rings is 1. The van der Waals surface area contributed by atoms with Gasteiger partial charge in [-0.25, -0.2) is 0 Å². The molecule has 1 aromatic rings. The van der Waals surface area contributed by atoms with Crippen LogP contribution in [0.1, 0.15) is 17.5 Å². The van der Waals surface area contributed by atoms with Gasteiger partial charge >= 0.3 is 0 Å². The van der Waals surface area contributed by atoms with Crippen LogP contribution < -0.4 is 5.73 Å². The first-order valence-corrected chi connectivity index (χ1v) is 7.51. The fraction of sp³-hybridized carbons (Fsp3) is 0.467. The molecular formula is C15H20N2S. The topological polar surface area (TPSA) is 29.3 Å². The van der Waals surface area contributed by atoms with E-state index in [1.165, 1.54) is 23.5 Å². The molecule has 0 aromatic heterocycles. The maximum atomic E-state index is 5.36. The first-order valence-electron chi connectivity index (χ1n) is 6.35. The number of nitrogens with zero attached hydrogens (tertiary/aromatic N) is 1. The monoisotopic (exact) mass is 260 g/mol. The van der Waals surface area contributed by atoms with Gasteiger partial charge in [0.2, 0.25) is 0 Å². The van der Waals surface area contributed by atoms with E-state index in [2.05, 4.69) is 59.8 Å². The lowest BCUT2D eigenvalue weighted by molar-refractivity contribution is 0.254. The third kappa shape index (κ3) is 3.78. The smallest absolute Gasteiger partial charge is 0.0555 e. The first kappa shape index (κ1) is 13.5. The van der Waals surface area contributed by atoms with Crippen LogP contribution in [0.4, 0.5) is 0 Å². The van der Waals surface area contributed by atoms with Crippen LogP contribution >= 0.6 is 11.8 Å². The van der Waals surface area contributed by atoms with Gasteiger partial charge < -0.3 is 5.73 Å². The highest BCUT2D eigenvalue weighted by Crippen LogP contribution is 2.22. The predicted octanol–water partition coefficient (Wildman–Crippen LogP) is 1.93. The maximum absolute atomic E-state index is 5.36. The van der Waals surface area contributed by atoms with E-state index in [9.17, 15) is 0 Å². The second-order valence-electron chi connectivity index (χ2n) is 4.64. The van der Waals surface area contributed by atoms with Crippen LogP contribution in [0.25, 0.3) is 0 Å². The molecule has 0 bridgehead atoms. The van der Waals surface area contributed by atoms with E-state index in [0.29, 0.717) is 6.54 Å². The summed E-state index contributed by atoms with van der Waals surface area (Å²) in [6.45, 7) is 1.44. The van der Waals surface area contributed by atoms with E-state index in [1.54, 1.807) is 0 Å². The zero-order chi connectivity index (χ0) is 12.8. The van der Waals surface area contributed by atoms with Gasteiger partial charge in [0.05, 0.1) is 6.54 Å². The minimum Gasteiger partial charge on any atom is -0.320 e. The molecule has 1 unspecified atom stereocenters. The van der Waals surface area contributed by atoms with Crippen molar-refractivity contribution in [2.75, 3.05) is 25.1 Å². The highest BCUT2D eigenvalue weighted by atomic mass is 32.2. The Morgan fingerprint density at radius 2 is 2.17 bits per heavy atom. The molecule has 0 amide bonds. The summed E-state index contributed by atoms with van der Waals surface area (Å²) in [5.41, 5.74) is 7.76. The highest BCUT2D eigenvalue weighted by molar-refractivity contribution is 7.99. The summed E-state index contributed by atoms with van der Waals surface area (Å²) in [5, 5.41) is 0. The SMILES string of the molecule is CN(Cc1ccc(C#CCN)cc1)C1CCSC1. The van der Waals surface area contributed by atoms with Crippen molar-refractivity contribution in [1.29, 1.82) is 0 Å². The molecule has 18 heavy (non-hydrogen) atoms. The summed E-state index contributed by atoms with van der Waals surface area (Å²) in [7, 11) is 2.22. The Bertz CT molecular complexity index is 424. The molecule has 0 spiro atoms. The molecule has 1 aliphatic heterocycles. The first-order chi connectivity index (χ1) is 8.79. The Kier molecular flexibility index (Phi) is 5.12. The quantitative estimate of drug-likeness (QED) is 0.842. The van der Waals surface area contributed by atoms with Crippen molar-refractivity contribution >= 4 is 11.8 Å². The second kappa shape index (κ2) is 6.84. The molecule has 96 valence electrons. The molecule has 0 saturated carbocycles. The Morgan fingerprint density at radius 3 is 2.78 bits per heavy atom. The Balaban J connectivity index is 1.93. The van der Waals surface area contributed by atoms with Gasteiger partial charge in [-0.1, -0.05) is 24.0 Å². The normalized spacial score (nSPS) is 18.7. The van der Waals surface area contributed by atoms with Gasteiger partial charge in [-0.2, -0.15) is 11.8 Å². The average Bonchev–Trinajstić information content (AvgIpc) is 2.92. The van der Waals surface area contributed by atoms with Crippen molar-refractivity contribution in [3.63, 3.8) is 0 Å². The minimum absolute atomic E-state index is 0.420. The number of nitrogens with two attached hydrogens (primary N) is 1. The lowest BCUT2D eigenvalue weighted by Crippen LogP contribution is -2.30. The van der Waals surface area contributed by atoms with Gasteiger partial charge in [-0.15, -0.1) is 0 Å². The lowest BCUT2D eigenvalue weighted by Gasteiger charge is -2.23. The van der Waals surface area contributed by atoms with Crippen LogP contribution in [-0.4, -0.2) is 36.0 Å². The summed E-state index contributed by atoms with van der Waals surface area (Å²) in [6.07, 6.45) is 1.32. The second-order valence-corrected chi connectivity index (χ2v) is 5.79. The van der Waals surface area contributed by atoms with Crippen molar-refractivity contribution in [3.8, 4) is 11.8 Å². The van der Waals surface area contributed by atoms with Crippen LogP contribution in [0.3, 0.4) is 0 Å². The Hall–Kier alpha value is -0.950. The van der Waals surface area contributed by atoms with Crippen molar-refractivity contribution in [2.24, 2.45) is 5.73 Å². The van der Waals surface area contributed by atoms with Crippen molar-refractivity contribution in [1.82, 2.24) is 4.90 Å². The van der Waals surface area contributed by atoms with E-state index in [0.717, 1.165) is 18.2 Å². The summed E-state index contributed by atoms with van der Waals surface area (Å²) >= 11 is 2.06. The molecule has 0 aliphatic carbocycles. The zero-order valence-electron chi connectivity index (χ0n) is 10.9. The largest absolute Gasteiger partial charge is 0.320 e. The van der Waals surface area contributed by atoms with Crippen molar-refractivity contribution < 1.29 is 0 Å². The zero-order valence-corrected chi connectivity index (χ0v) is 11.7. The van der Waals surface area contributed by atoms with Gasteiger partial charge in [-0.3, -0.25) is 4.90 Å². The molecule has 2 nitrogen and oxygen atoms in total. The van der Waals surface area contributed by atoms with E-state index >= 15 is 0 Å². The molecule has 0 radical (unpaired) electrons. The molecule has 1 aromatic carbocycles. The molecule has 1 aliphatic rings. The van der Waals surface area contributed by atoms with Gasteiger partial charge in [-0.05, 0) is 36.9 Å². The van der Waals surface area contributed by atoms with Crippen molar-refractivity contribution in [2.45, 2.75) is 19.0 Å². The Labute approximate surface area is 114 Å². The van der Waals surface area contributed by atoms with E-state index in [-0.39, 0.29) is 0 Å². The molecule has 1 saturated heterocycles. The van der Waals surface area contributed by atoms with E-state index in [1.807, 2.05) is 0 Å². The van der Waals surface area contributed by atoms with Gasteiger partial charge in [0.15, 0.2) is 0 Å². The number of hydrogen-bond acceptors (Lipinski definition) is 3. The molecule has 1 atom stereocenters. The van der Waals surface area contributed by atoms with Gasteiger partial charge in [0.25, 0.3) is 0 Å². The molecule has 2 rings (SSSR count). The standard InChI is InChI=1S/C15H20N2S/c1-17(15-8-10-18-12-15)11-14-6-4-13(5-7-14)3-2-9-16/h4-7,15H,8-12,16H2,1H3. The summed E-state index contributed by atoms with van der Waals surface area (Å²) in [6, 6.07) is 9.23. The van der Waals surface area contributed by atoms with Gasteiger partial charge in [0, 0.05) is 23.9 Å². The van der Waals surface area contributed by atoms with Gasteiger partial charge in [0.1, 0.15) is 0 Å². The molecule has 1 fully saturated rings. The number of hydrogen-bond donors (Lipinski definition) is 1. The fourth-order valence-electron chi connectivity index (χ4n) is 2.13.